The second kappa shape index (κ2) is 14.9. The molecule has 0 aliphatic carbocycles. The molecule has 0 saturated carbocycles. The Kier molecular flexibility index (Phi) is 11.3. The molecule has 0 aliphatic rings. The van der Waals surface area contributed by atoms with Gasteiger partial charge in [-0.1, -0.05) is 78.9 Å². The number of benzene rings is 5. The maximum absolute atomic E-state index is 12.5. The lowest BCUT2D eigenvalue weighted by molar-refractivity contribution is 0.480. The summed E-state index contributed by atoms with van der Waals surface area (Å²) >= 11 is 0. The minimum atomic E-state index is -4.63. The second-order valence-electron chi connectivity index (χ2n) is 11.0. The maximum Gasteiger partial charge on any atom is 0.295 e. The molecule has 5 aromatic rings. The number of hydrogen-bond donors (Lipinski definition) is 4. The first kappa shape index (κ1) is 37.9. The minimum absolute atomic E-state index is 0. The normalized spacial score (nSPS) is 11.8. The Morgan fingerprint density at radius 1 is 0.620 bits per heavy atom. The van der Waals surface area contributed by atoms with Crippen molar-refractivity contribution in [3.63, 3.8) is 0 Å². The van der Waals surface area contributed by atoms with Crippen LogP contribution < -0.4 is 21.1 Å². The van der Waals surface area contributed by atoms with E-state index >= 15 is 0 Å². The molecule has 0 spiro atoms. The molecule has 5 aromatic carbocycles. The highest BCUT2D eigenvalue weighted by Gasteiger charge is 2.20. The highest BCUT2D eigenvalue weighted by Crippen LogP contribution is 2.29. The van der Waals surface area contributed by atoms with Crippen LogP contribution >= 0.6 is 0 Å². The molecule has 262 valence electrons. The van der Waals surface area contributed by atoms with Gasteiger partial charge in [0, 0.05) is 30.0 Å². The quantitative estimate of drug-likeness (QED) is 0.152. The smallest absolute Gasteiger partial charge is 0.295 e. The molecule has 0 atom stereocenters. The Morgan fingerprint density at radius 2 is 1.18 bits per heavy atom. The van der Waals surface area contributed by atoms with Crippen LogP contribution in [-0.4, -0.2) is 50.9 Å². The van der Waals surface area contributed by atoms with E-state index in [9.17, 15) is 38.9 Å². The van der Waals surface area contributed by atoms with Gasteiger partial charge < -0.3 is 16.1 Å². The molecular weight excluding hydrogens is 705 g/mol. The number of nitrogens with zero attached hydrogens (tertiary/aromatic N) is 1. The number of anilines is 1. The molecule has 50 heavy (non-hydrogen) atoms. The van der Waals surface area contributed by atoms with Gasteiger partial charge in [0.25, 0.3) is 30.4 Å². The minimum Gasteiger partial charge on any atom is -0.412 e. The molecule has 0 radical (unpaired) electrons. The third-order valence-electron chi connectivity index (χ3n) is 7.83. The summed E-state index contributed by atoms with van der Waals surface area (Å²) in [6, 6.07) is 31.7. The molecule has 0 amide bonds. The SMILES string of the molecule is CCN(Cc1cccc(S(=O)(=O)O)c1)c1ccc(C(c2ccccc2S(=O)(=O)O)=c2ccc(=C(N)c3cccc(S(=O)(=O)O)c3)cc2)cc1.O. The molecular formula is C35H34N2O10S3. The van der Waals surface area contributed by atoms with Crippen LogP contribution in [0.15, 0.2) is 136 Å². The van der Waals surface area contributed by atoms with E-state index in [-0.39, 0.29) is 31.4 Å². The molecule has 0 bridgehead atoms. The van der Waals surface area contributed by atoms with Crippen LogP contribution in [0.5, 0.6) is 0 Å². The fourth-order valence-electron chi connectivity index (χ4n) is 5.43. The number of nitrogens with two attached hydrogens (primary N) is 1. The van der Waals surface area contributed by atoms with E-state index in [4.69, 9.17) is 5.73 Å². The van der Waals surface area contributed by atoms with Crippen LogP contribution in [0.3, 0.4) is 0 Å². The summed E-state index contributed by atoms with van der Waals surface area (Å²) in [5, 5.41) is 1.12. The van der Waals surface area contributed by atoms with Crippen molar-refractivity contribution in [1.82, 2.24) is 0 Å². The molecule has 7 N–H and O–H groups in total. The Hall–Kier alpha value is -4.87. The lowest BCUT2D eigenvalue weighted by atomic mass is 9.94. The summed E-state index contributed by atoms with van der Waals surface area (Å²) in [4.78, 5) is 1.19. The molecule has 0 heterocycles. The van der Waals surface area contributed by atoms with Crippen LogP contribution in [0, 0.1) is 0 Å². The topological polar surface area (TPSA) is 224 Å². The fourth-order valence-corrected chi connectivity index (χ4v) is 7.21. The zero-order valence-corrected chi connectivity index (χ0v) is 29.0. The molecule has 0 unspecified atom stereocenters. The van der Waals surface area contributed by atoms with E-state index in [2.05, 4.69) is 0 Å². The lowest BCUT2D eigenvalue weighted by Crippen LogP contribution is -2.22. The Morgan fingerprint density at radius 3 is 1.76 bits per heavy atom. The van der Waals surface area contributed by atoms with Gasteiger partial charge in [-0.2, -0.15) is 25.3 Å². The van der Waals surface area contributed by atoms with Gasteiger partial charge in [-0.05, 0) is 82.1 Å². The van der Waals surface area contributed by atoms with E-state index in [1.54, 1.807) is 66.7 Å². The van der Waals surface area contributed by atoms with Crippen molar-refractivity contribution in [2.75, 3.05) is 11.4 Å². The van der Waals surface area contributed by atoms with E-state index < -0.39 is 30.4 Å². The van der Waals surface area contributed by atoms with E-state index in [0.717, 1.165) is 5.69 Å². The van der Waals surface area contributed by atoms with E-state index in [0.29, 0.717) is 45.8 Å². The van der Waals surface area contributed by atoms with Crippen molar-refractivity contribution in [1.29, 1.82) is 0 Å². The van der Waals surface area contributed by atoms with Crippen LogP contribution in [0.25, 0.3) is 11.3 Å². The van der Waals surface area contributed by atoms with E-state index in [1.807, 2.05) is 24.0 Å². The van der Waals surface area contributed by atoms with Gasteiger partial charge >= 0.3 is 0 Å². The van der Waals surface area contributed by atoms with Crippen molar-refractivity contribution in [3.05, 3.63) is 154 Å². The average Bonchev–Trinajstić information content (AvgIpc) is 3.07. The van der Waals surface area contributed by atoms with Gasteiger partial charge in [0.05, 0.1) is 9.79 Å². The van der Waals surface area contributed by atoms with Crippen LogP contribution in [-0.2, 0) is 36.9 Å². The molecule has 12 nitrogen and oxygen atoms in total. The van der Waals surface area contributed by atoms with E-state index in [1.165, 1.54) is 42.5 Å². The van der Waals surface area contributed by atoms with Crippen LogP contribution in [0.1, 0.15) is 29.2 Å². The zero-order valence-electron chi connectivity index (χ0n) is 26.5. The highest BCUT2D eigenvalue weighted by atomic mass is 32.2. The highest BCUT2D eigenvalue weighted by molar-refractivity contribution is 7.86. The molecule has 0 aliphatic heterocycles. The van der Waals surface area contributed by atoms with Gasteiger partial charge in [0.15, 0.2) is 0 Å². The van der Waals surface area contributed by atoms with Crippen molar-refractivity contribution in [3.8, 4) is 0 Å². The third-order valence-corrected chi connectivity index (χ3v) is 10.4. The first-order valence-corrected chi connectivity index (χ1v) is 19.0. The lowest BCUT2D eigenvalue weighted by Gasteiger charge is -2.24. The predicted molar refractivity (Wildman–Crippen MR) is 190 cm³/mol. The van der Waals surface area contributed by atoms with Gasteiger partial charge in [0.2, 0.25) is 0 Å². The molecule has 0 aromatic heterocycles. The van der Waals surface area contributed by atoms with Crippen molar-refractivity contribution >= 4 is 47.3 Å². The summed E-state index contributed by atoms with van der Waals surface area (Å²) in [7, 11) is -13.4. The second-order valence-corrected chi connectivity index (χ2v) is 15.3. The molecule has 5 rings (SSSR count). The summed E-state index contributed by atoms with van der Waals surface area (Å²) in [6.07, 6.45) is 0. The van der Waals surface area contributed by atoms with Crippen molar-refractivity contribution < 1.29 is 44.4 Å². The number of hydrogen-bond acceptors (Lipinski definition) is 8. The molecule has 0 saturated heterocycles. The first-order valence-electron chi connectivity index (χ1n) is 14.7. The molecule has 0 fully saturated rings. The summed E-state index contributed by atoms with van der Waals surface area (Å²) in [5.41, 5.74) is 9.79. The van der Waals surface area contributed by atoms with Gasteiger partial charge in [-0.25, -0.2) is 0 Å². The Balaban J connectivity index is 0.00000562. The van der Waals surface area contributed by atoms with Crippen LogP contribution in [0.2, 0.25) is 0 Å². The predicted octanol–water partition coefficient (Wildman–Crippen LogP) is 2.99. The largest absolute Gasteiger partial charge is 0.412 e. The summed E-state index contributed by atoms with van der Waals surface area (Å²) in [5.74, 6) is 0. The molecule has 15 heteroatoms. The average molecular weight is 739 g/mol. The monoisotopic (exact) mass is 738 g/mol. The Labute approximate surface area is 290 Å². The third kappa shape index (κ3) is 8.64. The van der Waals surface area contributed by atoms with Crippen LogP contribution in [0.4, 0.5) is 5.69 Å². The zero-order chi connectivity index (χ0) is 35.6. The van der Waals surface area contributed by atoms with Crippen molar-refractivity contribution in [2.24, 2.45) is 5.73 Å². The summed E-state index contributed by atoms with van der Waals surface area (Å²) < 4.78 is 101. The fraction of sp³-hybridized carbons (Fsp3) is 0.0857. The number of rotatable bonds is 10. The maximum atomic E-state index is 12.5. The summed E-state index contributed by atoms with van der Waals surface area (Å²) in [6.45, 7) is 2.84. The van der Waals surface area contributed by atoms with Gasteiger partial charge in [0.1, 0.15) is 4.90 Å². The van der Waals surface area contributed by atoms with Crippen molar-refractivity contribution in [2.45, 2.75) is 28.2 Å². The van der Waals surface area contributed by atoms with Gasteiger partial charge in [-0.15, -0.1) is 0 Å². The van der Waals surface area contributed by atoms with Gasteiger partial charge in [-0.3, -0.25) is 13.7 Å². The standard InChI is InChI=1S/C35H32N2O9S3.H2O/c1-2-37(23-24-7-5-9-30(21-24)47(38,39)40)29-19-17-26(18-20-29)34(32-11-3-4-12-33(32)49(44,45)46)25-13-15-27(16-14-25)35(36)28-8-6-10-31(22-28)48(41,42)43;/h3-22H,2,23,36H2,1H3,(H,38,39,40)(H,41,42,43)(H,44,45,46);1H2. The Bertz CT molecular complexity index is 2480. The first-order chi connectivity index (χ1) is 23.1.